The molecule has 0 aromatic heterocycles. The number of fused-ring (bicyclic) bond motifs is 1. The number of esters is 1. The summed E-state index contributed by atoms with van der Waals surface area (Å²) in [5.41, 5.74) is 0.517. The summed E-state index contributed by atoms with van der Waals surface area (Å²) >= 11 is 1.59. The Balaban J connectivity index is 2.45. The molecule has 0 aliphatic carbocycles. The first kappa shape index (κ1) is 19.6. The number of thioether (sulfide) groups is 1. The molecule has 2 rings (SSSR count). The van der Waals surface area contributed by atoms with Crippen LogP contribution in [-0.2, 0) is 16.0 Å². The maximum Gasteiger partial charge on any atom is 0.308 e. The molecule has 0 radical (unpaired) electrons. The number of benzene rings is 1. The Morgan fingerprint density at radius 2 is 2.04 bits per heavy atom. The van der Waals surface area contributed by atoms with Crippen molar-refractivity contribution in [1.29, 1.82) is 0 Å². The molecule has 6 nitrogen and oxygen atoms in total. The highest BCUT2D eigenvalue weighted by atomic mass is 32.2. The van der Waals surface area contributed by atoms with Gasteiger partial charge in [-0.25, -0.2) is 0 Å². The van der Waals surface area contributed by atoms with Crippen molar-refractivity contribution < 1.29 is 28.5 Å². The van der Waals surface area contributed by atoms with Crippen LogP contribution in [0.15, 0.2) is 6.07 Å². The quantitative estimate of drug-likeness (QED) is 0.317. The second-order valence-electron chi connectivity index (χ2n) is 6.37. The van der Waals surface area contributed by atoms with Crippen LogP contribution in [0.2, 0.25) is 0 Å². The summed E-state index contributed by atoms with van der Waals surface area (Å²) in [5, 5.41) is 0. The lowest BCUT2D eigenvalue weighted by Crippen LogP contribution is -2.42. The predicted octanol–water partition coefficient (Wildman–Crippen LogP) is 3.24. The summed E-state index contributed by atoms with van der Waals surface area (Å²) < 4.78 is 22.6. The molecule has 1 aromatic rings. The Morgan fingerprint density at radius 1 is 1.36 bits per heavy atom. The van der Waals surface area contributed by atoms with Crippen molar-refractivity contribution in [3.63, 3.8) is 0 Å². The summed E-state index contributed by atoms with van der Waals surface area (Å²) in [5.74, 6) is 0.893. The van der Waals surface area contributed by atoms with Gasteiger partial charge in [-0.3, -0.25) is 9.59 Å². The van der Waals surface area contributed by atoms with Crippen LogP contribution >= 0.6 is 11.8 Å². The average molecular weight is 368 g/mol. The molecule has 0 saturated heterocycles. The molecule has 1 atom stereocenters. The van der Waals surface area contributed by atoms with Crippen LogP contribution in [0, 0.1) is 0 Å². The maximum absolute atomic E-state index is 12.1. The number of rotatable bonds is 7. The van der Waals surface area contributed by atoms with Gasteiger partial charge in [0.25, 0.3) is 0 Å². The Bertz CT molecular complexity index is 683. The lowest BCUT2D eigenvalue weighted by molar-refractivity contribution is -0.131. The van der Waals surface area contributed by atoms with Crippen molar-refractivity contribution in [3.05, 3.63) is 17.2 Å². The van der Waals surface area contributed by atoms with Crippen molar-refractivity contribution in [2.24, 2.45) is 0 Å². The highest BCUT2D eigenvalue weighted by molar-refractivity contribution is 7.98. The third kappa shape index (κ3) is 4.10. The zero-order chi connectivity index (χ0) is 18.8. The molecule has 0 spiro atoms. The van der Waals surface area contributed by atoms with E-state index in [0.29, 0.717) is 23.9 Å². The van der Waals surface area contributed by atoms with E-state index in [1.54, 1.807) is 17.8 Å². The molecule has 1 heterocycles. The first-order valence-electron chi connectivity index (χ1n) is 7.94. The monoisotopic (exact) mass is 368 g/mol. The third-order valence-electron chi connectivity index (χ3n) is 4.10. The molecule has 0 saturated carbocycles. The van der Waals surface area contributed by atoms with Gasteiger partial charge in [-0.15, -0.1) is 11.8 Å². The van der Waals surface area contributed by atoms with Gasteiger partial charge in [0.2, 0.25) is 0 Å². The molecule has 7 heteroatoms. The van der Waals surface area contributed by atoms with Gasteiger partial charge in [0.1, 0.15) is 34.5 Å². The van der Waals surface area contributed by atoms with Crippen molar-refractivity contribution in [2.75, 3.05) is 19.3 Å². The van der Waals surface area contributed by atoms with Gasteiger partial charge in [-0.1, -0.05) is 0 Å². The van der Waals surface area contributed by atoms with Gasteiger partial charge in [0.05, 0.1) is 13.0 Å². The Morgan fingerprint density at radius 3 is 2.56 bits per heavy atom. The smallest absolute Gasteiger partial charge is 0.308 e. The van der Waals surface area contributed by atoms with Gasteiger partial charge in [-0.05, 0) is 27.0 Å². The number of Topliss-reactive ketones (excluding diaryl/α,β-unsaturated/α-hetero) is 1. The topological polar surface area (TPSA) is 71.1 Å². The number of ketones is 1. The number of hydrogen-bond acceptors (Lipinski definition) is 7. The maximum atomic E-state index is 12.1. The standard InChI is InChI=1S/C18H24O6S/c1-10(19)16-14(23-11(2)20)8-13-12(17(16)21-5)7-15(24-13)18(3,4)22-9-25-6/h8,15H,7,9H2,1-6H3. The zero-order valence-electron chi connectivity index (χ0n) is 15.4. The van der Waals surface area contributed by atoms with Crippen molar-refractivity contribution in [1.82, 2.24) is 0 Å². The van der Waals surface area contributed by atoms with E-state index in [2.05, 4.69) is 0 Å². The molecule has 25 heavy (non-hydrogen) atoms. The molecule has 0 N–H and O–H groups in total. The minimum Gasteiger partial charge on any atom is -0.495 e. The summed E-state index contributed by atoms with van der Waals surface area (Å²) in [6, 6.07) is 1.58. The van der Waals surface area contributed by atoms with E-state index in [1.807, 2.05) is 20.1 Å². The van der Waals surface area contributed by atoms with Crippen LogP contribution in [0.25, 0.3) is 0 Å². The summed E-state index contributed by atoms with van der Waals surface area (Å²) in [4.78, 5) is 23.5. The van der Waals surface area contributed by atoms with E-state index in [9.17, 15) is 9.59 Å². The Labute approximate surface area is 152 Å². The number of methoxy groups -OCH3 is 1. The summed E-state index contributed by atoms with van der Waals surface area (Å²) in [7, 11) is 1.49. The Hall–Kier alpha value is -1.73. The molecular weight excluding hydrogens is 344 g/mol. The number of hydrogen-bond donors (Lipinski definition) is 0. The highest BCUT2D eigenvalue weighted by Gasteiger charge is 2.40. The number of carbonyl (C=O) groups excluding carboxylic acids is 2. The van der Waals surface area contributed by atoms with E-state index in [0.717, 1.165) is 5.56 Å². The fraction of sp³-hybridized carbons (Fsp3) is 0.556. The molecule has 1 aliphatic heterocycles. The van der Waals surface area contributed by atoms with Crippen molar-refractivity contribution in [2.45, 2.75) is 45.8 Å². The van der Waals surface area contributed by atoms with Crippen LogP contribution in [0.3, 0.4) is 0 Å². The van der Waals surface area contributed by atoms with Gasteiger partial charge in [-0.2, -0.15) is 0 Å². The van der Waals surface area contributed by atoms with Gasteiger partial charge >= 0.3 is 5.97 Å². The van der Waals surface area contributed by atoms with Crippen molar-refractivity contribution in [3.8, 4) is 17.2 Å². The lowest BCUT2D eigenvalue weighted by atomic mass is 9.94. The molecule has 0 amide bonds. The second kappa shape index (κ2) is 7.66. The average Bonchev–Trinajstić information content (AvgIpc) is 2.95. The molecule has 0 bridgehead atoms. The minimum atomic E-state index is -0.523. The van der Waals surface area contributed by atoms with E-state index >= 15 is 0 Å². The van der Waals surface area contributed by atoms with Crippen LogP contribution in [0.4, 0.5) is 0 Å². The second-order valence-corrected chi connectivity index (χ2v) is 7.19. The van der Waals surface area contributed by atoms with Gasteiger partial charge < -0.3 is 18.9 Å². The third-order valence-corrected chi connectivity index (χ3v) is 4.45. The van der Waals surface area contributed by atoms with E-state index < -0.39 is 11.6 Å². The zero-order valence-corrected chi connectivity index (χ0v) is 16.2. The predicted molar refractivity (Wildman–Crippen MR) is 96.0 cm³/mol. The van der Waals surface area contributed by atoms with E-state index in [-0.39, 0.29) is 23.2 Å². The van der Waals surface area contributed by atoms with Crippen molar-refractivity contribution >= 4 is 23.5 Å². The Kier molecular flexibility index (Phi) is 6.00. The largest absolute Gasteiger partial charge is 0.495 e. The summed E-state index contributed by atoms with van der Waals surface area (Å²) in [6.45, 7) is 6.62. The fourth-order valence-electron chi connectivity index (χ4n) is 2.82. The fourth-order valence-corrected chi connectivity index (χ4v) is 3.24. The van der Waals surface area contributed by atoms with Crippen LogP contribution in [0.5, 0.6) is 17.2 Å². The first-order valence-corrected chi connectivity index (χ1v) is 9.33. The molecule has 138 valence electrons. The molecule has 1 unspecified atom stereocenters. The SMILES string of the molecule is COc1c2c(cc(OC(C)=O)c1C(C)=O)OC(C(C)(C)OCSC)C2. The van der Waals surface area contributed by atoms with Crippen LogP contribution < -0.4 is 14.2 Å². The number of carbonyl (C=O) groups is 2. The van der Waals surface area contributed by atoms with Crippen LogP contribution in [-0.4, -0.2) is 42.8 Å². The molecule has 1 aromatic carbocycles. The van der Waals surface area contributed by atoms with Gasteiger partial charge in [0.15, 0.2) is 5.78 Å². The minimum absolute atomic E-state index is 0.152. The lowest BCUT2D eigenvalue weighted by Gasteiger charge is -2.30. The molecule has 1 aliphatic rings. The van der Waals surface area contributed by atoms with E-state index in [1.165, 1.54) is 21.0 Å². The van der Waals surface area contributed by atoms with Gasteiger partial charge in [0, 0.05) is 25.0 Å². The van der Waals surface area contributed by atoms with Crippen LogP contribution in [0.1, 0.15) is 43.6 Å². The summed E-state index contributed by atoms with van der Waals surface area (Å²) in [6.07, 6.45) is 2.27. The normalized spacial score (nSPS) is 16.2. The number of ether oxygens (including phenoxy) is 4. The highest BCUT2D eigenvalue weighted by Crippen LogP contribution is 2.46. The molecule has 0 fully saturated rings. The van der Waals surface area contributed by atoms with E-state index in [4.69, 9.17) is 18.9 Å². The molecular formula is C18H24O6S. The first-order chi connectivity index (χ1) is 11.7.